The Morgan fingerprint density at radius 3 is 2.58 bits per heavy atom. The second-order valence-corrected chi connectivity index (χ2v) is 8.96. The number of hydrogen-bond donors (Lipinski definition) is 2. The van der Waals surface area contributed by atoms with Crippen LogP contribution in [0.4, 0.5) is 0 Å². The van der Waals surface area contributed by atoms with Gasteiger partial charge >= 0.3 is 0 Å². The summed E-state index contributed by atoms with van der Waals surface area (Å²) in [6.07, 6.45) is 0.703. The molecule has 130 valence electrons. The average molecular weight is 368 g/mol. The molecule has 2 rings (SSSR count). The summed E-state index contributed by atoms with van der Waals surface area (Å²) in [5, 5.41) is 12.4. The van der Waals surface area contributed by atoms with E-state index >= 15 is 0 Å². The van der Waals surface area contributed by atoms with Gasteiger partial charge in [-0.15, -0.1) is 11.3 Å². The molecule has 1 heterocycles. The summed E-state index contributed by atoms with van der Waals surface area (Å²) in [5.74, 6) is 0.0331. The zero-order valence-electron chi connectivity index (χ0n) is 13.5. The first kappa shape index (κ1) is 18.4. The zero-order chi connectivity index (χ0) is 17.7. The largest absolute Gasteiger partial charge is 0.508 e. The van der Waals surface area contributed by atoms with Crippen LogP contribution in [-0.2, 0) is 27.8 Å². The number of rotatable bonds is 7. The van der Waals surface area contributed by atoms with Crippen molar-refractivity contribution in [2.24, 2.45) is 0 Å². The van der Waals surface area contributed by atoms with Gasteiger partial charge in [-0.05, 0) is 30.2 Å². The second-order valence-electron chi connectivity index (χ2n) is 5.41. The molecule has 1 amide bonds. The van der Waals surface area contributed by atoms with E-state index in [9.17, 15) is 18.3 Å². The van der Waals surface area contributed by atoms with E-state index in [1.165, 1.54) is 14.1 Å². The SMILES string of the molecule is CN(C)S(=O)(=O)c1ccc(CNC(=O)CCc2ccccc2O)s1. The molecule has 0 atom stereocenters. The maximum absolute atomic E-state index is 12.0. The highest BCUT2D eigenvalue weighted by molar-refractivity contribution is 7.91. The number of aromatic hydroxyl groups is 1. The number of sulfonamides is 1. The highest BCUT2D eigenvalue weighted by atomic mass is 32.2. The molecule has 1 aromatic heterocycles. The van der Waals surface area contributed by atoms with E-state index in [2.05, 4.69) is 5.32 Å². The molecule has 6 nitrogen and oxygen atoms in total. The van der Waals surface area contributed by atoms with Crippen LogP contribution in [-0.4, -0.2) is 37.8 Å². The number of aryl methyl sites for hydroxylation is 1. The number of amides is 1. The number of nitrogens with zero attached hydrogens (tertiary/aromatic N) is 1. The number of phenols is 1. The van der Waals surface area contributed by atoms with Crippen molar-refractivity contribution in [3.05, 3.63) is 46.8 Å². The molecule has 0 unspecified atom stereocenters. The first-order valence-corrected chi connectivity index (χ1v) is 9.61. The second kappa shape index (κ2) is 7.78. The zero-order valence-corrected chi connectivity index (χ0v) is 15.2. The van der Waals surface area contributed by atoms with Gasteiger partial charge in [-0.25, -0.2) is 12.7 Å². The Morgan fingerprint density at radius 1 is 1.21 bits per heavy atom. The Hall–Kier alpha value is -1.90. The van der Waals surface area contributed by atoms with Gasteiger partial charge in [-0.1, -0.05) is 18.2 Å². The Bertz CT molecular complexity index is 813. The Labute approximate surface area is 145 Å². The topological polar surface area (TPSA) is 86.7 Å². The van der Waals surface area contributed by atoms with E-state index in [-0.39, 0.29) is 28.8 Å². The number of para-hydroxylation sites is 1. The van der Waals surface area contributed by atoms with Crippen LogP contribution in [0, 0.1) is 0 Å². The van der Waals surface area contributed by atoms with Crippen LogP contribution in [0.3, 0.4) is 0 Å². The number of nitrogens with one attached hydrogen (secondary N) is 1. The van der Waals surface area contributed by atoms with Crippen LogP contribution in [0.2, 0.25) is 0 Å². The molecule has 0 aliphatic carbocycles. The van der Waals surface area contributed by atoms with Crippen LogP contribution in [0.25, 0.3) is 0 Å². The average Bonchev–Trinajstić information content (AvgIpc) is 3.01. The van der Waals surface area contributed by atoms with Crippen molar-refractivity contribution in [3.63, 3.8) is 0 Å². The summed E-state index contributed by atoms with van der Waals surface area (Å²) in [6, 6.07) is 10.2. The molecule has 0 spiro atoms. The molecule has 0 bridgehead atoms. The molecule has 24 heavy (non-hydrogen) atoms. The monoisotopic (exact) mass is 368 g/mol. The lowest BCUT2D eigenvalue weighted by molar-refractivity contribution is -0.121. The fraction of sp³-hybridized carbons (Fsp3) is 0.312. The van der Waals surface area contributed by atoms with Gasteiger partial charge in [0.2, 0.25) is 5.91 Å². The lowest BCUT2D eigenvalue weighted by Gasteiger charge is -2.08. The van der Waals surface area contributed by atoms with Crippen molar-refractivity contribution < 1.29 is 18.3 Å². The number of hydrogen-bond acceptors (Lipinski definition) is 5. The maximum atomic E-state index is 12.0. The molecule has 0 saturated carbocycles. The molecule has 1 aromatic carbocycles. The summed E-state index contributed by atoms with van der Waals surface area (Å²) < 4.78 is 25.4. The fourth-order valence-electron chi connectivity index (χ4n) is 2.02. The summed E-state index contributed by atoms with van der Waals surface area (Å²) in [6.45, 7) is 0.285. The third-order valence-corrected chi connectivity index (χ3v) is 6.81. The van der Waals surface area contributed by atoms with E-state index in [1.54, 1.807) is 30.3 Å². The number of phenolic OH excluding ortho intramolecular Hbond substituents is 1. The third-order valence-electron chi connectivity index (χ3n) is 3.44. The van der Waals surface area contributed by atoms with Crippen LogP contribution in [0.1, 0.15) is 16.9 Å². The normalized spacial score (nSPS) is 11.6. The van der Waals surface area contributed by atoms with Crippen LogP contribution in [0.15, 0.2) is 40.6 Å². The summed E-state index contributed by atoms with van der Waals surface area (Å²) in [4.78, 5) is 12.7. The van der Waals surface area contributed by atoms with E-state index < -0.39 is 10.0 Å². The number of benzene rings is 1. The Morgan fingerprint density at radius 2 is 1.92 bits per heavy atom. The minimum Gasteiger partial charge on any atom is -0.508 e. The lowest BCUT2D eigenvalue weighted by Crippen LogP contribution is -2.22. The molecule has 0 aliphatic heterocycles. The van der Waals surface area contributed by atoms with Crippen LogP contribution >= 0.6 is 11.3 Å². The minimum absolute atomic E-state index is 0.149. The van der Waals surface area contributed by atoms with Gasteiger partial charge in [0.1, 0.15) is 9.96 Å². The smallest absolute Gasteiger partial charge is 0.252 e. The molecule has 0 aliphatic rings. The Kier molecular flexibility index (Phi) is 5.98. The molecule has 0 saturated heterocycles. The van der Waals surface area contributed by atoms with Crippen molar-refractivity contribution in [1.29, 1.82) is 0 Å². The first-order valence-electron chi connectivity index (χ1n) is 7.35. The quantitative estimate of drug-likeness (QED) is 0.782. The van der Waals surface area contributed by atoms with Gasteiger partial charge in [-0.3, -0.25) is 4.79 Å². The van der Waals surface area contributed by atoms with Crippen molar-refractivity contribution in [1.82, 2.24) is 9.62 Å². The fourth-order valence-corrected chi connectivity index (χ4v) is 4.48. The number of carbonyl (C=O) groups excluding carboxylic acids is 1. The molecular weight excluding hydrogens is 348 g/mol. The first-order chi connectivity index (χ1) is 11.3. The maximum Gasteiger partial charge on any atom is 0.252 e. The van der Waals surface area contributed by atoms with Gasteiger partial charge in [-0.2, -0.15) is 0 Å². The minimum atomic E-state index is -3.43. The van der Waals surface area contributed by atoms with E-state index in [0.717, 1.165) is 26.1 Å². The summed E-state index contributed by atoms with van der Waals surface area (Å²) >= 11 is 1.14. The predicted octanol–water partition coefficient (Wildman–Crippen LogP) is 1.95. The standard InChI is InChI=1S/C16H20N2O4S2/c1-18(2)24(21,22)16-10-8-13(23-16)11-17-15(20)9-7-12-5-3-4-6-14(12)19/h3-6,8,10,19H,7,9,11H2,1-2H3,(H,17,20). The lowest BCUT2D eigenvalue weighted by atomic mass is 10.1. The van der Waals surface area contributed by atoms with Crippen molar-refractivity contribution in [2.75, 3.05) is 14.1 Å². The van der Waals surface area contributed by atoms with Gasteiger partial charge < -0.3 is 10.4 Å². The molecule has 0 radical (unpaired) electrons. The van der Waals surface area contributed by atoms with Crippen LogP contribution in [0.5, 0.6) is 5.75 Å². The predicted molar refractivity (Wildman–Crippen MR) is 93.5 cm³/mol. The molecule has 2 N–H and O–H groups in total. The molecular formula is C16H20N2O4S2. The Balaban J connectivity index is 1.87. The highest BCUT2D eigenvalue weighted by Gasteiger charge is 2.19. The van der Waals surface area contributed by atoms with Crippen LogP contribution < -0.4 is 5.32 Å². The van der Waals surface area contributed by atoms with Gasteiger partial charge in [0, 0.05) is 25.4 Å². The molecule has 8 heteroatoms. The molecule has 0 fully saturated rings. The number of carbonyl (C=O) groups is 1. The number of thiophene rings is 1. The third kappa shape index (κ3) is 4.56. The highest BCUT2D eigenvalue weighted by Crippen LogP contribution is 2.23. The van der Waals surface area contributed by atoms with E-state index in [0.29, 0.717) is 6.42 Å². The van der Waals surface area contributed by atoms with Gasteiger partial charge in [0.25, 0.3) is 10.0 Å². The summed E-state index contributed by atoms with van der Waals surface area (Å²) in [5.41, 5.74) is 0.725. The van der Waals surface area contributed by atoms with Gasteiger partial charge in [0.05, 0.1) is 6.54 Å². The van der Waals surface area contributed by atoms with Crippen molar-refractivity contribution >= 4 is 27.3 Å². The van der Waals surface area contributed by atoms with Gasteiger partial charge in [0.15, 0.2) is 0 Å². The van der Waals surface area contributed by atoms with Crippen molar-refractivity contribution in [3.8, 4) is 5.75 Å². The van der Waals surface area contributed by atoms with E-state index in [1.807, 2.05) is 6.07 Å². The molecule has 2 aromatic rings. The van der Waals surface area contributed by atoms with Crippen molar-refractivity contribution in [2.45, 2.75) is 23.6 Å². The summed E-state index contributed by atoms with van der Waals surface area (Å²) in [7, 11) is -0.471. The van der Waals surface area contributed by atoms with E-state index in [4.69, 9.17) is 0 Å².